The molecule has 1 spiro atoms. The summed E-state index contributed by atoms with van der Waals surface area (Å²) in [5, 5.41) is 20.8. The predicted octanol–water partition coefficient (Wildman–Crippen LogP) is 13.9. The summed E-state index contributed by atoms with van der Waals surface area (Å²) < 4.78 is 0. The number of nitrogens with zero attached hydrogens (tertiary/aromatic N) is 4. The maximum atomic E-state index is 10.4. The fraction of sp³-hybridized carbons (Fsp3) is 0.127. The van der Waals surface area contributed by atoms with E-state index in [0.29, 0.717) is 11.1 Å². The first-order valence-corrected chi connectivity index (χ1v) is 20.3. The van der Waals surface area contributed by atoms with Crippen LogP contribution >= 0.6 is 0 Å². The molecular weight excluding hydrogens is 717 g/mol. The van der Waals surface area contributed by atoms with Gasteiger partial charge in [0.15, 0.2) is 0 Å². The Morgan fingerprint density at radius 1 is 0.407 bits per heavy atom. The lowest BCUT2D eigenvalue weighted by Crippen LogP contribution is -2.27. The molecule has 282 valence electrons. The first-order valence-electron chi connectivity index (χ1n) is 20.3. The third kappa shape index (κ3) is 5.72. The van der Waals surface area contributed by atoms with Gasteiger partial charge in [-0.15, -0.1) is 0 Å². The van der Waals surface area contributed by atoms with E-state index in [0.717, 1.165) is 85.8 Å². The molecule has 0 unspecified atom stereocenters. The van der Waals surface area contributed by atoms with Crippen molar-refractivity contribution in [1.29, 1.82) is 10.5 Å². The summed E-state index contributed by atoms with van der Waals surface area (Å²) in [4.78, 5) is 4.75. The van der Waals surface area contributed by atoms with Gasteiger partial charge in [0.1, 0.15) is 0 Å². The van der Waals surface area contributed by atoms with Crippen molar-refractivity contribution in [3.8, 4) is 34.4 Å². The normalized spacial score (nSPS) is 13.9. The Bertz CT molecular complexity index is 2880. The monoisotopic (exact) mass is 758 g/mol. The Morgan fingerprint density at radius 2 is 0.780 bits per heavy atom. The highest BCUT2D eigenvalue weighted by atomic mass is 15.2. The van der Waals surface area contributed by atoms with Crippen LogP contribution in [-0.4, -0.2) is 0 Å². The Hall–Kier alpha value is -7.40. The Morgan fingerprint density at radius 3 is 1.19 bits per heavy atom. The van der Waals surface area contributed by atoms with Crippen LogP contribution in [0.15, 0.2) is 169 Å². The zero-order valence-corrected chi connectivity index (χ0v) is 33.7. The number of rotatable bonds is 6. The number of fused-ring (bicyclic) bond motifs is 10. The molecule has 0 aromatic heterocycles. The summed E-state index contributed by atoms with van der Waals surface area (Å²) in [5.74, 6) is 0. The number of nitriles is 2. The molecule has 3 aliphatic carbocycles. The van der Waals surface area contributed by atoms with Crippen LogP contribution < -0.4 is 9.80 Å². The minimum Gasteiger partial charge on any atom is -0.314 e. The third-order valence-corrected chi connectivity index (χ3v) is 12.5. The summed E-state index contributed by atoms with van der Waals surface area (Å²) in [7, 11) is 0. The quantitative estimate of drug-likeness (QED) is 0.169. The largest absolute Gasteiger partial charge is 0.314 e. The summed E-state index contributed by atoms with van der Waals surface area (Å²) >= 11 is 0. The van der Waals surface area contributed by atoms with Crippen LogP contribution in [-0.2, 0) is 5.41 Å². The smallest absolute Gasteiger partial charge is 0.0991 e. The fourth-order valence-electron chi connectivity index (χ4n) is 9.55. The van der Waals surface area contributed by atoms with Crippen LogP contribution in [0.1, 0.15) is 69.8 Å². The average molecular weight is 759 g/mol. The van der Waals surface area contributed by atoms with Crippen molar-refractivity contribution >= 4 is 28.4 Å². The van der Waals surface area contributed by atoms with Crippen molar-refractivity contribution in [3.05, 3.63) is 219 Å². The van der Waals surface area contributed by atoms with Crippen LogP contribution in [0, 0.1) is 43.4 Å². The fourth-order valence-corrected chi connectivity index (χ4v) is 9.55. The molecule has 0 fully saturated rings. The number of hydrogen-bond donors (Lipinski definition) is 0. The maximum Gasteiger partial charge on any atom is 0.0991 e. The second-order valence-corrected chi connectivity index (χ2v) is 16.3. The maximum absolute atomic E-state index is 10.4. The molecule has 0 saturated heterocycles. The lowest BCUT2D eigenvalue weighted by molar-refractivity contribution is 0.791. The standard InChI is InChI=1S/C55H42N4/c1-35-5-15-41(16-6-35)58(42-17-7-36(2)8-18-42)45-23-27-49-50-28-24-46(59(43-19-9-37(3)10-20-43)44-21-11-38(4)12-22-44)32-54(50)55(53(49)31-45)51-29-39(33-56)13-25-47(51)48-26-14-40(34-57)30-52(48)55/h5-11,13-21,23-32H,12,22H2,1-4H3. The summed E-state index contributed by atoms with van der Waals surface area (Å²) in [6, 6.07) is 57.2. The summed E-state index contributed by atoms with van der Waals surface area (Å²) in [6.07, 6.45) is 6.45. The second-order valence-electron chi connectivity index (χ2n) is 16.3. The molecule has 0 amide bonds. The second kappa shape index (κ2) is 13.9. The van der Waals surface area contributed by atoms with Gasteiger partial charge < -0.3 is 9.80 Å². The molecule has 0 bridgehead atoms. The lowest BCUT2D eigenvalue weighted by atomic mass is 9.70. The highest BCUT2D eigenvalue weighted by molar-refractivity contribution is 5.98. The van der Waals surface area contributed by atoms with Gasteiger partial charge in [-0.2, -0.15) is 10.5 Å². The zero-order valence-electron chi connectivity index (χ0n) is 33.7. The molecule has 0 atom stereocenters. The van der Waals surface area contributed by atoms with E-state index in [4.69, 9.17) is 0 Å². The lowest BCUT2D eigenvalue weighted by Gasteiger charge is -2.34. The highest BCUT2D eigenvalue weighted by Crippen LogP contribution is 2.64. The number of allylic oxidation sites excluding steroid dienone is 4. The van der Waals surface area contributed by atoms with Gasteiger partial charge in [-0.05, 0) is 176 Å². The van der Waals surface area contributed by atoms with Gasteiger partial charge >= 0.3 is 0 Å². The minimum atomic E-state index is -0.816. The molecule has 0 radical (unpaired) electrons. The van der Waals surface area contributed by atoms with Crippen LogP contribution in [0.2, 0.25) is 0 Å². The van der Waals surface area contributed by atoms with E-state index in [-0.39, 0.29) is 0 Å². The number of hydrogen-bond acceptors (Lipinski definition) is 4. The molecule has 0 heterocycles. The van der Waals surface area contributed by atoms with Gasteiger partial charge in [-0.1, -0.05) is 89.0 Å². The number of aryl methyl sites for hydroxylation is 3. The van der Waals surface area contributed by atoms with Gasteiger partial charge in [0.25, 0.3) is 0 Å². The van der Waals surface area contributed by atoms with Crippen molar-refractivity contribution in [2.45, 2.75) is 46.0 Å². The Balaban J connectivity index is 1.28. The summed E-state index contributed by atoms with van der Waals surface area (Å²) in [5.41, 5.74) is 20.8. The Kier molecular flexibility index (Phi) is 8.48. The first-order chi connectivity index (χ1) is 28.8. The molecule has 0 N–H and O–H groups in total. The topological polar surface area (TPSA) is 54.1 Å². The molecule has 59 heavy (non-hydrogen) atoms. The summed E-state index contributed by atoms with van der Waals surface area (Å²) in [6.45, 7) is 8.57. The molecule has 0 aliphatic heterocycles. The van der Waals surface area contributed by atoms with E-state index in [1.54, 1.807) is 0 Å². The molecule has 4 nitrogen and oxygen atoms in total. The molecule has 3 aliphatic rings. The van der Waals surface area contributed by atoms with E-state index in [1.165, 1.54) is 28.0 Å². The van der Waals surface area contributed by atoms with E-state index in [9.17, 15) is 10.5 Å². The first kappa shape index (κ1) is 36.0. The highest BCUT2D eigenvalue weighted by Gasteiger charge is 2.52. The van der Waals surface area contributed by atoms with E-state index in [2.05, 4.69) is 195 Å². The molecule has 0 saturated carbocycles. The van der Waals surface area contributed by atoms with Crippen molar-refractivity contribution in [2.24, 2.45) is 0 Å². The predicted molar refractivity (Wildman–Crippen MR) is 241 cm³/mol. The van der Waals surface area contributed by atoms with Gasteiger partial charge in [0.05, 0.1) is 28.7 Å². The molecule has 7 aromatic carbocycles. The van der Waals surface area contributed by atoms with Gasteiger partial charge in [0.2, 0.25) is 0 Å². The van der Waals surface area contributed by atoms with Crippen LogP contribution in [0.4, 0.5) is 28.4 Å². The van der Waals surface area contributed by atoms with Crippen LogP contribution in [0.25, 0.3) is 22.3 Å². The van der Waals surface area contributed by atoms with Gasteiger partial charge in [-0.25, -0.2) is 0 Å². The Labute approximate surface area is 346 Å². The van der Waals surface area contributed by atoms with Gasteiger partial charge in [0, 0.05) is 34.1 Å². The van der Waals surface area contributed by atoms with Crippen LogP contribution in [0.5, 0.6) is 0 Å². The van der Waals surface area contributed by atoms with Crippen molar-refractivity contribution in [2.75, 3.05) is 9.80 Å². The van der Waals surface area contributed by atoms with Crippen molar-refractivity contribution in [3.63, 3.8) is 0 Å². The SMILES string of the molecule is CC1=CC=C(N(c2ccc(C)cc2)c2ccc3c(c2)C2(c4cc(C#N)ccc4-c4ccc(C#N)cc42)c2cc(N(c4ccc(C)cc4)c4ccc(C)cc4)ccc2-3)CC1. The number of anilines is 5. The van der Waals surface area contributed by atoms with Gasteiger partial charge in [-0.3, -0.25) is 0 Å². The van der Waals surface area contributed by atoms with Crippen molar-refractivity contribution in [1.82, 2.24) is 0 Å². The molecular formula is C55H42N4. The molecule has 4 heteroatoms. The average Bonchev–Trinajstić information content (AvgIpc) is 3.72. The minimum absolute atomic E-state index is 0.607. The molecule has 10 rings (SSSR count). The third-order valence-electron chi connectivity index (χ3n) is 12.5. The molecule has 7 aromatic rings. The van der Waals surface area contributed by atoms with Crippen LogP contribution in [0.3, 0.4) is 0 Å². The van der Waals surface area contributed by atoms with E-state index >= 15 is 0 Å². The van der Waals surface area contributed by atoms with Crippen molar-refractivity contribution < 1.29 is 0 Å². The van der Waals surface area contributed by atoms with E-state index < -0.39 is 5.41 Å². The number of benzene rings is 7. The zero-order chi connectivity index (χ0) is 40.4. The van der Waals surface area contributed by atoms with E-state index in [1.807, 2.05) is 12.1 Å².